The molecule has 1 unspecified atom stereocenters. The normalized spacial score (nSPS) is 17.6. The molecule has 0 aliphatic heterocycles. The molecule has 0 aromatic heterocycles. The van der Waals surface area contributed by atoms with E-state index in [2.05, 4.69) is 22.0 Å². The number of hydrogen-bond donors (Lipinski definition) is 1. The predicted molar refractivity (Wildman–Crippen MR) is 82.8 cm³/mol. The smallest absolute Gasteiger partial charge is 0.120 e. The molecule has 0 radical (unpaired) electrons. The Balaban J connectivity index is 1.75. The molecule has 1 aliphatic rings. The average Bonchev–Trinajstić information content (AvgIpc) is 2.47. The zero-order valence-electron chi connectivity index (χ0n) is 11.2. The van der Waals surface area contributed by atoms with Gasteiger partial charge in [0, 0.05) is 10.0 Å². The SMILES string of the molecule is OC1CCCc2ccc(OCc3ccccc3Br)cc21. The summed E-state index contributed by atoms with van der Waals surface area (Å²) in [7, 11) is 0. The van der Waals surface area contributed by atoms with E-state index in [4.69, 9.17) is 4.74 Å². The van der Waals surface area contributed by atoms with Crippen LogP contribution < -0.4 is 4.74 Å². The fourth-order valence-corrected chi connectivity index (χ4v) is 3.02. The number of halogens is 1. The van der Waals surface area contributed by atoms with E-state index in [1.54, 1.807) is 0 Å². The van der Waals surface area contributed by atoms with E-state index in [9.17, 15) is 5.11 Å². The number of rotatable bonds is 3. The highest BCUT2D eigenvalue weighted by Gasteiger charge is 2.18. The van der Waals surface area contributed by atoms with E-state index in [0.29, 0.717) is 6.61 Å². The molecule has 0 heterocycles. The Morgan fingerprint density at radius 2 is 2.05 bits per heavy atom. The van der Waals surface area contributed by atoms with Crippen molar-refractivity contribution in [1.29, 1.82) is 0 Å². The number of aryl methyl sites for hydroxylation is 1. The van der Waals surface area contributed by atoms with Crippen LogP contribution in [-0.4, -0.2) is 5.11 Å². The van der Waals surface area contributed by atoms with E-state index < -0.39 is 0 Å². The van der Waals surface area contributed by atoms with Crippen LogP contribution in [0.1, 0.15) is 35.6 Å². The van der Waals surface area contributed by atoms with E-state index in [-0.39, 0.29) is 6.10 Å². The summed E-state index contributed by atoms with van der Waals surface area (Å²) in [6.07, 6.45) is 2.62. The molecular weight excluding hydrogens is 316 g/mol. The number of ether oxygens (including phenoxy) is 1. The average molecular weight is 333 g/mol. The molecule has 1 atom stereocenters. The fourth-order valence-electron chi connectivity index (χ4n) is 2.62. The lowest BCUT2D eigenvalue weighted by Crippen LogP contribution is -2.09. The van der Waals surface area contributed by atoms with Crippen molar-refractivity contribution in [2.75, 3.05) is 0 Å². The molecule has 2 aromatic rings. The third-order valence-electron chi connectivity index (χ3n) is 3.75. The van der Waals surface area contributed by atoms with Gasteiger partial charge in [0.05, 0.1) is 6.10 Å². The molecule has 2 aromatic carbocycles. The van der Waals surface area contributed by atoms with Crippen molar-refractivity contribution in [1.82, 2.24) is 0 Å². The second kappa shape index (κ2) is 5.98. The Morgan fingerprint density at radius 1 is 1.20 bits per heavy atom. The Labute approximate surface area is 127 Å². The van der Waals surface area contributed by atoms with E-state index in [1.807, 2.05) is 36.4 Å². The fraction of sp³-hybridized carbons (Fsp3) is 0.294. The number of aliphatic hydroxyl groups is 1. The molecule has 0 saturated carbocycles. The first-order valence-corrected chi connectivity index (χ1v) is 7.70. The third kappa shape index (κ3) is 2.89. The van der Waals surface area contributed by atoms with Gasteiger partial charge >= 0.3 is 0 Å². The number of hydrogen-bond acceptors (Lipinski definition) is 2. The summed E-state index contributed by atoms with van der Waals surface area (Å²) in [5.41, 5.74) is 3.39. The van der Waals surface area contributed by atoms with Crippen molar-refractivity contribution in [2.24, 2.45) is 0 Å². The van der Waals surface area contributed by atoms with Crippen molar-refractivity contribution in [3.8, 4) is 5.75 Å². The summed E-state index contributed by atoms with van der Waals surface area (Å²) in [5.74, 6) is 0.820. The van der Waals surface area contributed by atoms with Crippen LogP contribution in [0.3, 0.4) is 0 Å². The molecule has 0 fully saturated rings. The number of fused-ring (bicyclic) bond motifs is 1. The highest BCUT2D eigenvalue weighted by Crippen LogP contribution is 2.32. The third-order valence-corrected chi connectivity index (χ3v) is 4.53. The molecule has 1 aliphatic carbocycles. The van der Waals surface area contributed by atoms with Crippen LogP contribution in [0.5, 0.6) is 5.75 Å². The van der Waals surface area contributed by atoms with Crippen LogP contribution in [0.4, 0.5) is 0 Å². The maximum absolute atomic E-state index is 10.1. The van der Waals surface area contributed by atoms with Crippen LogP contribution in [0.15, 0.2) is 46.9 Å². The lowest BCUT2D eigenvalue weighted by molar-refractivity contribution is 0.156. The second-order valence-corrected chi connectivity index (χ2v) is 6.00. The van der Waals surface area contributed by atoms with E-state index in [1.165, 1.54) is 5.56 Å². The van der Waals surface area contributed by atoms with E-state index >= 15 is 0 Å². The molecule has 3 rings (SSSR count). The Bertz CT molecular complexity index is 610. The summed E-state index contributed by atoms with van der Waals surface area (Å²) >= 11 is 3.52. The Hall–Kier alpha value is -1.32. The summed E-state index contributed by atoms with van der Waals surface area (Å²) in [4.78, 5) is 0. The van der Waals surface area contributed by atoms with Gasteiger partial charge in [-0.2, -0.15) is 0 Å². The molecule has 0 bridgehead atoms. The van der Waals surface area contributed by atoms with Gasteiger partial charge in [0.15, 0.2) is 0 Å². The molecule has 20 heavy (non-hydrogen) atoms. The van der Waals surface area contributed by atoms with Crippen LogP contribution in [0, 0.1) is 0 Å². The summed E-state index contributed by atoms with van der Waals surface area (Å²) in [6.45, 7) is 0.524. The van der Waals surface area contributed by atoms with Crippen molar-refractivity contribution in [3.05, 3.63) is 63.6 Å². The quantitative estimate of drug-likeness (QED) is 0.902. The zero-order valence-corrected chi connectivity index (χ0v) is 12.8. The summed E-state index contributed by atoms with van der Waals surface area (Å²) in [6, 6.07) is 14.1. The van der Waals surface area contributed by atoms with Gasteiger partial charge in [-0.1, -0.05) is 40.2 Å². The highest BCUT2D eigenvalue weighted by molar-refractivity contribution is 9.10. The molecule has 104 valence electrons. The van der Waals surface area contributed by atoms with Crippen molar-refractivity contribution >= 4 is 15.9 Å². The van der Waals surface area contributed by atoms with E-state index in [0.717, 1.165) is 40.6 Å². The van der Waals surface area contributed by atoms with Crippen molar-refractivity contribution in [3.63, 3.8) is 0 Å². The first-order valence-electron chi connectivity index (χ1n) is 6.91. The molecule has 1 N–H and O–H groups in total. The van der Waals surface area contributed by atoms with Crippen LogP contribution in [0.25, 0.3) is 0 Å². The van der Waals surface area contributed by atoms with Gasteiger partial charge in [-0.05, 0) is 48.6 Å². The molecule has 0 amide bonds. The standard InChI is InChI=1S/C17H17BrO2/c18-16-6-2-1-4-13(16)11-20-14-9-8-12-5-3-7-17(19)15(12)10-14/h1-2,4,6,8-10,17,19H,3,5,7,11H2. The molecule has 0 saturated heterocycles. The first-order chi connectivity index (χ1) is 9.74. The minimum absolute atomic E-state index is 0.342. The molecular formula is C17H17BrO2. The van der Waals surface area contributed by atoms with Crippen LogP contribution >= 0.6 is 15.9 Å². The van der Waals surface area contributed by atoms with Crippen LogP contribution in [-0.2, 0) is 13.0 Å². The van der Waals surface area contributed by atoms with Crippen LogP contribution in [0.2, 0.25) is 0 Å². The van der Waals surface area contributed by atoms with Gasteiger partial charge in [-0.25, -0.2) is 0 Å². The zero-order chi connectivity index (χ0) is 13.9. The van der Waals surface area contributed by atoms with Gasteiger partial charge in [-0.3, -0.25) is 0 Å². The molecule has 0 spiro atoms. The maximum atomic E-state index is 10.1. The maximum Gasteiger partial charge on any atom is 0.120 e. The highest BCUT2D eigenvalue weighted by atomic mass is 79.9. The lowest BCUT2D eigenvalue weighted by atomic mass is 9.89. The minimum Gasteiger partial charge on any atom is -0.489 e. The van der Waals surface area contributed by atoms with Gasteiger partial charge in [0.25, 0.3) is 0 Å². The van der Waals surface area contributed by atoms with Crippen molar-refractivity contribution in [2.45, 2.75) is 32.0 Å². The molecule has 2 nitrogen and oxygen atoms in total. The van der Waals surface area contributed by atoms with Crippen molar-refractivity contribution < 1.29 is 9.84 Å². The first kappa shape index (κ1) is 13.7. The summed E-state index contributed by atoms with van der Waals surface area (Å²) < 4.78 is 6.90. The predicted octanol–water partition coefficient (Wildman–Crippen LogP) is 4.40. The minimum atomic E-state index is -0.342. The van der Waals surface area contributed by atoms with Gasteiger partial charge in [0.1, 0.15) is 12.4 Å². The lowest BCUT2D eigenvalue weighted by Gasteiger charge is -2.22. The summed E-state index contributed by atoms with van der Waals surface area (Å²) in [5, 5.41) is 10.1. The molecule has 3 heteroatoms. The number of aliphatic hydroxyl groups excluding tert-OH is 1. The number of benzene rings is 2. The topological polar surface area (TPSA) is 29.5 Å². The van der Waals surface area contributed by atoms with Gasteiger partial charge < -0.3 is 9.84 Å². The van der Waals surface area contributed by atoms with Gasteiger partial charge in [-0.15, -0.1) is 0 Å². The Kier molecular flexibility index (Phi) is 4.08. The Morgan fingerprint density at radius 3 is 2.90 bits per heavy atom. The van der Waals surface area contributed by atoms with Gasteiger partial charge in [0.2, 0.25) is 0 Å². The largest absolute Gasteiger partial charge is 0.489 e. The monoisotopic (exact) mass is 332 g/mol. The second-order valence-electron chi connectivity index (χ2n) is 5.15.